The molecular formula is C10H11NO7S. The molecule has 104 valence electrons. The first-order valence-corrected chi connectivity index (χ1v) is 6.54. The average molecular weight is 289 g/mol. The number of carboxylic acid groups (broad SMARTS) is 1. The van der Waals surface area contributed by atoms with Crippen molar-refractivity contribution in [2.24, 2.45) is 0 Å². The number of carboxylic acids is 1. The van der Waals surface area contributed by atoms with E-state index < -0.39 is 39.0 Å². The Morgan fingerprint density at radius 2 is 2.00 bits per heavy atom. The number of benzene rings is 1. The van der Waals surface area contributed by atoms with Crippen molar-refractivity contribution in [1.29, 1.82) is 0 Å². The Kier molecular flexibility index (Phi) is 4.33. The highest BCUT2D eigenvalue weighted by molar-refractivity contribution is 7.93. The SMILES string of the molecule is COC(=O)CS(=O)(=O)Nc1cccc(C(=O)O)c1O. The van der Waals surface area contributed by atoms with Gasteiger partial charge in [-0.05, 0) is 12.1 Å². The second-order valence-electron chi connectivity index (χ2n) is 3.44. The zero-order chi connectivity index (χ0) is 14.6. The maximum absolute atomic E-state index is 11.5. The maximum Gasteiger partial charge on any atom is 0.339 e. The Morgan fingerprint density at radius 1 is 1.37 bits per heavy atom. The zero-order valence-corrected chi connectivity index (χ0v) is 10.6. The van der Waals surface area contributed by atoms with E-state index in [1.165, 1.54) is 6.07 Å². The van der Waals surface area contributed by atoms with Crippen LogP contribution in [0.5, 0.6) is 5.75 Å². The first-order valence-electron chi connectivity index (χ1n) is 4.89. The fourth-order valence-electron chi connectivity index (χ4n) is 1.22. The summed E-state index contributed by atoms with van der Waals surface area (Å²) in [4.78, 5) is 21.6. The van der Waals surface area contributed by atoms with E-state index in [1.807, 2.05) is 4.72 Å². The third kappa shape index (κ3) is 3.85. The van der Waals surface area contributed by atoms with Gasteiger partial charge >= 0.3 is 11.9 Å². The number of para-hydroxylation sites is 1. The highest BCUT2D eigenvalue weighted by atomic mass is 32.2. The van der Waals surface area contributed by atoms with Gasteiger partial charge in [0.25, 0.3) is 0 Å². The molecule has 0 spiro atoms. The summed E-state index contributed by atoms with van der Waals surface area (Å²) in [6, 6.07) is 3.52. The van der Waals surface area contributed by atoms with Crippen molar-refractivity contribution in [3.05, 3.63) is 23.8 Å². The topological polar surface area (TPSA) is 130 Å². The number of phenols is 1. The van der Waals surface area contributed by atoms with Crippen molar-refractivity contribution >= 4 is 27.6 Å². The summed E-state index contributed by atoms with van der Waals surface area (Å²) in [6.45, 7) is 0. The molecule has 0 radical (unpaired) electrons. The monoisotopic (exact) mass is 289 g/mol. The molecule has 1 aromatic rings. The Labute approximate surface area is 108 Å². The number of carbonyl (C=O) groups is 2. The molecule has 3 N–H and O–H groups in total. The fourth-order valence-corrected chi connectivity index (χ4v) is 2.22. The highest BCUT2D eigenvalue weighted by Crippen LogP contribution is 2.28. The lowest BCUT2D eigenvalue weighted by Gasteiger charge is -2.10. The lowest BCUT2D eigenvalue weighted by Crippen LogP contribution is -2.23. The minimum Gasteiger partial charge on any atom is -0.505 e. The van der Waals surface area contributed by atoms with E-state index in [-0.39, 0.29) is 5.69 Å². The number of hydrogen-bond acceptors (Lipinski definition) is 6. The summed E-state index contributed by atoms with van der Waals surface area (Å²) in [6.07, 6.45) is 0. The van der Waals surface area contributed by atoms with Crippen LogP contribution in [0.3, 0.4) is 0 Å². The molecule has 0 fully saturated rings. The van der Waals surface area contributed by atoms with Crippen LogP contribution in [0, 0.1) is 0 Å². The van der Waals surface area contributed by atoms with Crippen LogP contribution in [0.1, 0.15) is 10.4 Å². The molecule has 0 aliphatic heterocycles. The summed E-state index contributed by atoms with van der Waals surface area (Å²) in [7, 11) is -3.06. The number of sulfonamides is 1. The molecule has 0 saturated carbocycles. The largest absolute Gasteiger partial charge is 0.505 e. The van der Waals surface area contributed by atoms with Gasteiger partial charge in [0.1, 0.15) is 5.56 Å². The van der Waals surface area contributed by atoms with Crippen LogP contribution in [0.25, 0.3) is 0 Å². The van der Waals surface area contributed by atoms with Gasteiger partial charge in [-0.2, -0.15) is 0 Å². The van der Waals surface area contributed by atoms with E-state index in [0.717, 1.165) is 19.2 Å². The second-order valence-corrected chi connectivity index (χ2v) is 5.17. The first kappa shape index (κ1) is 14.8. The second kappa shape index (κ2) is 5.57. The lowest BCUT2D eigenvalue weighted by atomic mass is 10.2. The minimum atomic E-state index is -4.09. The van der Waals surface area contributed by atoms with Crippen molar-refractivity contribution in [2.45, 2.75) is 0 Å². The summed E-state index contributed by atoms with van der Waals surface area (Å²) >= 11 is 0. The van der Waals surface area contributed by atoms with Crippen molar-refractivity contribution < 1.29 is 33.0 Å². The van der Waals surface area contributed by atoms with Gasteiger partial charge < -0.3 is 14.9 Å². The summed E-state index contributed by atoms with van der Waals surface area (Å²) in [5.74, 6) is -4.07. The Hall–Kier alpha value is -2.29. The van der Waals surface area contributed by atoms with Crippen LogP contribution in [0.4, 0.5) is 5.69 Å². The molecule has 0 aliphatic carbocycles. The van der Waals surface area contributed by atoms with Crippen molar-refractivity contribution in [3.63, 3.8) is 0 Å². The number of nitrogens with one attached hydrogen (secondary N) is 1. The first-order chi connectivity index (χ1) is 8.76. The number of aromatic hydroxyl groups is 1. The van der Waals surface area contributed by atoms with Gasteiger partial charge in [-0.1, -0.05) is 6.07 Å². The van der Waals surface area contributed by atoms with E-state index in [9.17, 15) is 23.1 Å². The van der Waals surface area contributed by atoms with E-state index in [0.29, 0.717) is 0 Å². The molecule has 0 amide bonds. The number of anilines is 1. The van der Waals surface area contributed by atoms with Crippen molar-refractivity contribution in [1.82, 2.24) is 0 Å². The average Bonchev–Trinajstić information content (AvgIpc) is 2.30. The number of aromatic carboxylic acids is 1. The van der Waals surface area contributed by atoms with Gasteiger partial charge in [-0.15, -0.1) is 0 Å². The number of carbonyl (C=O) groups excluding carboxylic acids is 1. The van der Waals surface area contributed by atoms with Crippen molar-refractivity contribution in [2.75, 3.05) is 17.6 Å². The molecule has 19 heavy (non-hydrogen) atoms. The number of rotatable bonds is 5. The lowest BCUT2D eigenvalue weighted by molar-refractivity contribution is -0.137. The molecule has 0 atom stereocenters. The molecular weight excluding hydrogens is 278 g/mol. The molecule has 1 rings (SSSR count). The van der Waals surface area contributed by atoms with Gasteiger partial charge in [0.05, 0.1) is 12.8 Å². The summed E-state index contributed by atoms with van der Waals surface area (Å²) < 4.78 is 29.2. The molecule has 0 saturated heterocycles. The van der Waals surface area contributed by atoms with Crippen LogP contribution < -0.4 is 4.72 Å². The number of methoxy groups -OCH3 is 1. The van der Waals surface area contributed by atoms with Gasteiger partial charge in [-0.3, -0.25) is 9.52 Å². The van der Waals surface area contributed by atoms with Gasteiger partial charge in [-0.25, -0.2) is 13.2 Å². The Morgan fingerprint density at radius 3 is 2.53 bits per heavy atom. The number of esters is 1. The smallest absolute Gasteiger partial charge is 0.339 e. The third-order valence-electron chi connectivity index (χ3n) is 2.07. The molecule has 9 heteroatoms. The zero-order valence-electron chi connectivity index (χ0n) is 9.78. The predicted molar refractivity (Wildman–Crippen MR) is 64.5 cm³/mol. The Balaban J connectivity index is 3.04. The highest BCUT2D eigenvalue weighted by Gasteiger charge is 2.20. The van der Waals surface area contributed by atoms with Crippen LogP contribution in [0.15, 0.2) is 18.2 Å². The summed E-state index contributed by atoms with van der Waals surface area (Å²) in [5, 5.41) is 18.4. The quantitative estimate of drug-likeness (QED) is 0.514. The van der Waals surface area contributed by atoms with Crippen LogP contribution in [-0.4, -0.2) is 43.4 Å². The standard InChI is InChI=1S/C10H11NO7S/c1-18-8(12)5-19(16,17)11-7-4-2-3-6(9(7)13)10(14)15/h2-4,11,13H,5H2,1H3,(H,14,15). The molecule has 0 heterocycles. The van der Waals surface area contributed by atoms with E-state index in [1.54, 1.807) is 0 Å². The molecule has 0 aliphatic rings. The molecule has 8 nitrogen and oxygen atoms in total. The van der Waals surface area contributed by atoms with Gasteiger partial charge in [0.15, 0.2) is 11.5 Å². The van der Waals surface area contributed by atoms with Gasteiger partial charge in [0, 0.05) is 0 Å². The van der Waals surface area contributed by atoms with Crippen molar-refractivity contribution in [3.8, 4) is 5.75 Å². The van der Waals surface area contributed by atoms with Crippen LogP contribution >= 0.6 is 0 Å². The normalized spacial score (nSPS) is 10.8. The van der Waals surface area contributed by atoms with Crippen LogP contribution in [0.2, 0.25) is 0 Å². The molecule has 0 aromatic heterocycles. The third-order valence-corrected chi connectivity index (χ3v) is 3.21. The Bertz CT molecular complexity index is 608. The number of ether oxygens (including phenoxy) is 1. The summed E-state index contributed by atoms with van der Waals surface area (Å²) in [5.41, 5.74) is -0.790. The van der Waals surface area contributed by atoms with Gasteiger partial charge in [0.2, 0.25) is 10.0 Å². The maximum atomic E-state index is 11.5. The van der Waals surface area contributed by atoms with Crippen LogP contribution in [-0.2, 0) is 19.6 Å². The number of hydrogen-bond donors (Lipinski definition) is 3. The van der Waals surface area contributed by atoms with E-state index in [4.69, 9.17) is 5.11 Å². The molecule has 0 bridgehead atoms. The molecule has 0 unspecified atom stereocenters. The fraction of sp³-hybridized carbons (Fsp3) is 0.200. The van der Waals surface area contributed by atoms with E-state index >= 15 is 0 Å². The minimum absolute atomic E-state index is 0.330. The predicted octanol–water partition coefficient (Wildman–Crippen LogP) is 0.00510. The van der Waals surface area contributed by atoms with E-state index in [2.05, 4.69) is 4.74 Å². The molecule has 1 aromatic carbocycles.